The highest BCUT2D eigenvalue weighted by Crippen LogP contribution is 2.19. The lowest BCUT2D eigenvalue weighted by atomic mass is 10.2. The van der Waals surface area contributed by atoms with E-state index in [2.05, 4.69) is 20.5 Å². The van der Waals surface area contributed by atoms with Gasteiger partial charge in [0.1, 0.15) is 5.76 Å². The minimum absolute atomic E-state index is 0.0618. The Morgan fingerprint density at radius 1 is 1.15 bits per heavy atom. The first-order valence-corrected chi connectivity index (χ1v) is 9.28. The van der Waals surface area contributed by atoms with Gasteiger partial charge in [0.2, 0.25) is 5.91 Å². The predicted molar refractivity (Wildman–Crippen MR) is 107 cm³/mol. The molecule has 0 spiro atoms. The van der Waals surface area contributed by atoms with E-state index in [1.807, 2.05) is 41.3 Å². The Balaban J connectivity index is 1.41. The van der Waals surface area contributed by atoms with Crippen LogP contribution in [0.4, 0.5) is 5.69 Å². The molecule has 1 aliphatic heterocycles. The molecule has 8 heteroatoms. The minimum atomic E-state index is 0.0618. The number of halogens is 1. The second-order valence-electron chi connectivity index (χ2n) is 6.20. The van der Waals surface area contributed by atoms with Crippen molar-refractivity contribution in [2.45, 2.75) is 6.54 Å². The van der Waals surface area contributed by atoms with Crippen molar-refractivity contribution in [2.75, 3.05) is 44.7 Å². The van der Waals surface area contributed by atoms with E-state index in [0.29, 0.717) is 25.6 Å². The smallest absolute Gasteiger partial charge is 0.242 e. The van der Waals surface area contributed by atoms with Crippen LogP contribution >= 0.6 is 11.6 Å². The summed E-state index contributed by atoms with van der Waals surface area (Å²) in [5.74, 6) is 1.44. The van der Waals surface area contributed by atoms with E-state index in [9.17, 15) is 4.79 Å². The van der Waals surface area contributed by atoms with Gasteiger partial charge in [0, 0.05) is 43.9 Å². The van der Waals surface area contributed by atoms with Gasteiger partial charge < -0.3 is 24.9 Å². The lowest BCUT2D eigenvalue weighted by Gasteiger charge is -2.36. The molecule has 1 aromatic carbocycles. The van der Waals surface area contributed by atoms with Gasteiger partial charge in [-0.1, -0.05) is 11.6 Å². The Kier molecular flexibility index (Phi) is 6.59. The summed E-state index contributed by atoms with van der Waals surface area (Å²) in [5.41, 5.74) is 1.13. The maximum absolute atomic E-state index is 12.5. The van der Waals surface area contributed by atoms with Crippen LogP contribution in [-0.2, 0) is 11.3 Å². The molecule has 3 rings (SSSR count). The summed E-state index contributed by atoms with van der Waals surface area (Å²) in [6.45, 7) is 3.72. The maximum Gasteiger partial charge on any atom is 0.242 e. The molecule has 2 N–H and O–H groups in total. The van der Waals surface area contributed by atoms with Crippen LogP contribution in [0.5, 0.6) is 0 Å². The van der Waals surface area contributed by atoms with Gasteiger partial charge in [0.25, 0.3) is 0 Å². The second-order valence-corrected chi connectivity index (χ2v) is 6.64. The van der Waals surface area contributed by atoms with Gasteiger partial charge in [0.05, 0.1) is 19.4 Å². The largest absolute Gasteiger partial charge is 0.467 e. The molecular formula is C19H24ClN5O2. The van der Waals surface area contributed by atoms with Crippen molar-refractivity contribution < 1.29 is 9.21 Å². The van der Waals surface area contributed by atoms with E-state index in [1.165, 1.54) is 0 Å². The number of piperazine rings is 1. The fourth-order valence-corrected chi connectivity index (χ4v) is 3.07. The molecule has 1 fully saturated rings. The van der Waals surface area contributed by atoms with E-state index in [4.69, 9.17) is 16.0 Å². The van der Waals surface area contributed by atoms with E-state index in [1.54, 1.807) is 13.3 Å². The van der Waals surface area contributed by atoms with Crippen molar-refractivity contribution >= 4 is 29.2 Å². The molecule has 0 radical (unpaired) electrons. The number of guanidine groups is 1. The average Bonchev–Trinajstić information content (AvgIpc) is 3.22. The third-order valence-corrected chi connectivity index (χ3v) is 4.72. The Morgan fingerprint density at radius 3 is 2.52 bits per heavy atom. The van der Waals surface area contributed by atoms with Crippen LogP contribution in [-0.4, -0.2) is 56.5 Å². The summed E-state index contributed by atoms with van der Waals surface area (Å²) in [7, 11) is 1.67. The van der Waals surface area contributed by atoms with Crippen LogP contribution in [0, 0.1) is 0 Å². The van der Waals surface area contributed by atoms with Crippen molar-refractivity contribution in [1.82, 2.24) is 15.5 Å². The van der Waals surface area contributed by atoms with Crippen molar-refractivity contribution in [2.24, 2.45) is 4.99 Å². The number of anilines is 1. The fraction of sp³-hybridized carbons (Fsp3) is 0.368. The summed E-state index contributed by atoms with van der Waals surface area (Å²) in [6.07, 6.45) is 1.63. The molecule has 7 nitrogen and oxygen atoms in total. The Morgan fingerprint density at radius 2 is 1.89 bits per heavy atom. The molecule has 0 unspecified atom stereocenters. The number of aliphatic imine (C=N–C) groups is 1. The van der Waals surface area contributed by atoms with Crippen LogP contribution < -0.4 is 15.5 Å². The molecule has 1 saturated heterocycles. The normalized spacial score (nSPS) is 15.0. The molecule has 2 heterocycles. The fourth-order valence-electron chi connectivity index (χ4n) is 2.94. The number of carbonyl (C=O) groups is 1. The molecular weight excluding hydrogens is 366 g/mol. The quantitative estimate of drug-likeness (QED) is 0.604. The van der Waals surface area contributed by atoms with E-state index in [0.717, 1.165) is 29.6 Å². The summed E-state index contributed by atoms with van der Waals surface area (Å²) in [5, 5.41) is 6.90. The van der Waals surface area contributed by atoms with Crippen LogP contribution in [0.2, 0.25) is 5.02 Å². The van der Waals surface area contributed by atoms with Crippen LogP contribution in [0.1, 0.15) is 5.76 Å². The summed E-state index contributed by atoms with van der Waals surface area (Å²) >= 11 is 5.94. The average molecular weight is 390 g/mol. The molecule has 144 valence electrons. The van der Waals surface area contributed by atoms with Crippen LogP contribution in [0.3, 0.4) is 0 Å². The first kappa shape index (κ1) is 19.1. The number of nitrogens with one attached hydrogen (secondary N) is 2. The van der Waals surface area contributed by atoms with Gasteiger partial charge in [-0.2, -0.15) is 0 Å². The Hall–Kier alpha value is -2.67. The number of amides is 1. The number of furan rings is 1. The number of hydrogen-bond donors (Lipinski definition) is 2. The molecule has 1 aliphatic rings. The standard InChI is InChI=1S/C19H24ClN5O2/c1-21-19(22-13-17-3-2-12-27-17)23-14-18(26)25-10-8-24(9-11-25)16-6-4-15(20)5-7-16/h2-7,12H,8-11,13-14H2,1H3,(H2,21,22,23). The molecule has 0 saturated carbocycles. The first-order chi connectivity index (χ1) is 13.2. The van der Waals surface area contributed by atoms with Gasteiger partial charge in [-0.05, 0) is 36.4 Å². The van der Waals surface area contributed by atoms with E-state index >= 15 is 0 Å². The van der Waals surface area contributed by atoms with Gasteiger partial charge in [-0.25, -0.2) is 0 Å². The third kappa shape index (κ3) is 5.40. The van der Waals surface area contributed by atoms with E-state index in [-0.39, 0.29) is 12.5 Å². The highest BCUT2D eigenvalue weighted by atomic mass is 35.5. The van der Waals surface area contributed by atoms with Gasteiger partial charge in [-0.3, -0.25) is 9.79 Å². The molecule has 0 aliphatic carbocycles. The topological polar surface area (TPSA) is 73.1 Å². The Labute approximate surface area is 164 Å². The highest BCUT2D eigenvalue weighted by Gasteiger charge is 2.21. The summed E-state index contributed by atoms with van der Waals surface area (Å²) in [6, 6.07) is 11.5. The van der Waals surface area contributed by atoms with Gasteiger partial charge in [-0.15, -0.1) is 0 Å². The lowest BCUT2D eigenvalue weighted by Crippen LogP contribution is -2.52. The predicted octanol–water partition coefficient (Wildman–Crippen LogP) is 1.95. The van der Waals surface area contributed by atoms with Crippen molar-refractivity contribution in [3.05, 3.63) is 53.4 Å². The molecule has 1 aromatic heterocycles. The summed E-state index contributed by atoms with van der Waals surface area (Å²) in [4.78, 5) is 20.7. The zero-order valence-corrected chi connectivity index (χ0v) is 16.1. The molecule has 0 atom stereocenters. The monoisotopic (exact) mass is 389 g/mol. The highest BCUT2D eigenvalue weighted by molar-refractivity contribution is 6.30. The maximum atomic E-state index is 12.5. The van der Waals surface area contributed by atoms with Crippen molar-refractivity contribution in [1.29, 1.82) is 0 Å². The van der Waals surface area contributed by atoms with Gasteiger partial charge >= 0.3 is 0 Å². The number of benzene rings is 1. The summed E-state index contributed by atoms with van der Waals surface area (Å²) < 4.78 is 5.27. The zero-order valence-electron chi connectivity index (χ0n) is 15.3. The zero-order chi connectivity index (χ0) is 19.1. The minimum Gasteiger partial charge on any atom is -0.467 e. The van der Waals surface area contributed by atoms with Crippen molar-refractivity contribution in [3.63, 3.8) is 0 Å². The van der Waals surface area contributed by atoms with E-state index < -0.39 is 0 Å². The number of carbonyl (C=O) groups excluding carboxylic acids is 1. The Bertz CT molecular complexity index is 753. The van der Waals surface area contributed by atoms with Crippen LogP contribution in [0.25, 0.3) is 0 Å². The SMILES string of the molecule is CN=C(NCC(=O)N1CCN(c2ccc(Cl)cc2)CC1)NCc1ccco1. The number of nitrogens with zero attached hydrogens (tertiary/aromatic N) is 3. The first-order valence-electron chi connectivity index (χ1n) is 8.91. The van der Waals surface area contributed by atoms with Gasteiger partial charge in [0.15, 0.2) is 5.96 Å². The second kappa shape index (κ2) is 9.32. The molecule has 1 amide bonds. The number of rotatable bonds is 5. The molecule has 2 aromatic rings. The lowest BCUT2D eigenvalue weighted by molar-refractivity contribution is -0.130. The third-order valence-electron chi connectivity index (χ3n) is 4.46. The van der Waals surface area contributed by atoms with Crippen molar-refractivity contribution in [3.8, 4) is 0 Å². The molecule has 0 bridgehead atoms. The molecule has 27 heavy (non-hydrogen) atoms. The number of hydrogen-bond acceptors (Lipinski definition) is 4. The van der Waals surface area contributed by atoms with Crippen LogP contribution in [0.15, 0.2) is 52.1 Å².